The van der Waals surface area contributed by atoms with Crippen molar-refractivity contribution in [3.8, 4) is 0 Å². The van der Waals surface area contributed by atoms with Crippen molar-refractivity contribution in [2.24, 2.45) is 0 Å². The van der Waals surface area contributed by atoms with E-state index in [-0.39, 0.29) is 11.9 Å². The number of esters is 1. The molecule has 15 heavy (non-hydrogen) atoms. The zero-order valence-corrected chi connectivity index (χ0v) is 8.70. The third-order valence-corrected chi connectivity index (χ3v) is 1.79. The highest BCUT2D eigenvalue weighted by atomic mass is 19.1. The zero-order chi connectivity index (χ0) is 11.3. The van der Waals surface area contributed by atoms with Crippen LogP contribution in [0.1, 0.15) is 17.3 Å². The molecular weight excluding hydrogens is 199 g/mol. The van der Waals surface area contributed by atoms with Crippen LogP contribution in [0.3, 0.4) is 0 Å². The second-order valence-electron chi connectivity index (χ2n) is 3.18. The largest absolute Gasteiger partial charge is 0.457 e. The fourth-order valence-corrected chi connectivity index (χ4v) is 1.11. The van der Waals surface area contributed by atoms with Crippen molar-refractivity contribution in [1.82, 2.24) is 0 Å². The van der Waals surface area contributed by atoms with Gasteiger partial charge in [-0.05, 0) is 31.2 Å². The molecule has 4 heteroatoms. The molecular formula is C11H13FO3. The standard InChI is InChI=1S/C11H13FO3/c1-8(7-14-2)15-11(13)9-3-5-10(12)6-4-9/h3-6,8H,7H2,1-2H3. The number of methoxy groups -OCH3 is 1. The molecule has 0 aliphatic carbocycles. The van der Waals surface area contributed by atoms with Crippen molar-refractivity contribution in [2.75, 3.05) is 13.7 Å². The summed E-state index contributed by atoms with van der Waals surface area (Å²) < 4.78 is 22.4. The lowest BCUT2D eigenvalue weighted by atomic mass is 10.2. The molecule has 0 aromatic heterocycles. The van der Waals surface area contributed by atoms with E-state index in [1.807, 2.05) is 0 Å². The number of carbonyl (C=O) groups excluding carboxylic acids is 1. The summed E-state index contributed by atoms with van der Waals surface area (Å²) in [5, 5.41) is 0. The maximum Gasteiger partial charge on any atom is 0.338 e. The Morgan fingerprint density at radius 1 is 1.40 bits per heavy atom. The van der Waals surface area contributed by atoms with Crippen LogP contribution in [-0.4, -0.2) is 25.8 Å². The highest BCUT2D eigenvalue weighted by Gasteiger charge is 2.11. The molecule has 3 nitrogen and oxygen atoms in total. The Kier molecular flexibility index (Phi) is 4.24. The maximum absolute atomic E-state index is 12.6. The van der Waals surface area contributed by atoms with Gasteiger partial charge >= 0.3 is 5.97 Å². The number of rotatable bonds is 4. The van der Waals surface area contributed by atoms with E-state index < -0.39 is 5.97 Å². The smallest absolute Gasteiger partial charge is 0.338 e. The number of carbonyl (C=O) groups is 1. The summed E-state index contributed by atoms with van der Waals surface area (Å²) in [6, 6.07) is 5.21. The molecule has 0 amide bonds. The topological polar surface area (TPSA) is 35.5 Å². The molecule has 0 heterocycles. The Bertz CT molecular complexity index is 321. The predicted octanol–water partition coefficient (Wildman–Crippen LogP) is 2.02. The SMILES string of the molecule is COCC(C)OC(=O)c1ccc(F)cc1. The Morgan fingerprint density at radius 3 is 2.53 bits per heavy atom. The van der Waals surface area contributed by atoms with Gasteiger partial charge in [-0.15, -0.1) is 0 Å². The average Bonchev–Trinajstić information content (AvgIpc) is 2.18. The van der Waals surface area contributed by atoms with Gasteiger partial charge in [-0.25, -0.2) is 9.18 Å². The van der Waals surface area contributed by atoms with E-state index in [1.54, 1.807) is 6.92 Å². The number of hydrogen-bond donors (Lipinski definition) is 0. The van der Waals surface area contributed by atoms with Crippen LogP contribution in [0, 0.1) is 5.82 Å². The average molecular weight is 212 g/mol. The molecule has 1 unspecified atom stereocenters. The molecule has 0 bridgehead atoms. The Morgan fingerprint density at radius 2 is 2.00 bits per heavy atom. The van der Waals surface area contributed by atoms with Crippen molar-refractivity contribution in [3.63, 3.8) is 0 Å². The van der Waals surface area contributed by atoms with E-state index in [2.05, 4.69) is 0 Å². The molecule has 0 spiro atoms. The Labute approximate surface area is 87.8 Å². The third kappa shape index (κ3) is 3.67. The number of ether oxygens (including phenoxy) is 2. The normalized spacial score (nSPS) is 12.2. The van der Waals surface area contributed by atoms with Crippen molar-refractivity contribution in [3.05, 3.63) is 35.6 Å². The predicted molar refractivity (Wildman–Crippen MR) is 53.2 cm³/mol. The van der Waals surface area contributed by atoms with Gasteiger partial charge in [0, 0.05) is 7.11 Å². The van der Waals surface area contributed by atoms with Gasteiger partial charge in [0.1, 0.15) is 11.9 Å². The summed E-state index contributed by atoms with van der Waals surface area (Å²) in [6.07, 6.45) is -0.312. The van der Waals surface area contributed by atoms with Crippen molar-refractivity contribution < 1.29 is 18.7 Å². The van der Waals surface area contributed by atoms with Crippen LogP contribution in [0.2, 0.25) is 0 Å². The Balaban J connectivity index is 2.57. The van der Waals surface area contributed by atoms with Gasteiger partial charge in [0.2, 0.25) is 0 Å². The molecule has 1 atom stereocenters. The quantitative estimate of drug-likeness (QED) is 0.716. The zero-order valence-electron chi connectivity index (χ0n) is 8.70. The van der Waals surface area contributed by atoms with E-state index in [0.717, 1.165) is 0 Å². The van der Waals surface area contributed by atoms with Crippen LogP contribution in [-0.2, 0) is 9.47 Å². The Hall–Kier alpha value is -1.42. The fourth-order valence-electron chi connectivity index (χ4n) is 1.11. The van der Waals surface area contributed by atoms with E-state index >= 15 is 0 Å². The first kappa shape index (κ1) is 11.7. The fraction of sp³-hybridized carbons (Fsp3) is 0.364. The summed E-state index contributed by atoms with van der Waals surface area (Å²) in [4.78, 5) is 11.4. The van der Waals surface area contributed by atoms with Gasteiger partial charge in [0.05, 0.1) is 12.2 Å². The second kappa shape index (κ2) is 5.46. The highest BCUT2D eigenvalue weighted by Crippen LogP contribution is 2.06. The minimum absolute atomic E-state index is 0.312. The van der Waals surface area contributed by atoms with Gasteiger partial charge in [0.15, 0.2) is 0 Å². The number of hydrogen-bond acceptors (Lipinski definition) is 3. The van der Waals surface area contributed by atoms with Gasteiger partial charge in [0.25, 0.3) is 0 Å². The third-order valence-electron chi connectivity index (χ3n) is 1.79. The molecule has 0 N–H and O–H groups in total. The first-order chi connectivity index (χ1) is 7.13. The highest BCUT2D eigenvalue weighted by molar-refractivity contribution is 5.89. The first-order valence-electron chi connectivity index (χ1n) is 4.59. The number of halogens is 1. The lowest BCUT2D eigenvalue weighted by Crippen LogP contribution is -2.19. The van der Waals surface area contributed by atoms with Crippen LogP contribution in [0.25, 0.3) is 0 Å². The van der Waals surface area contributed by atoms with E-state index in [4.69, 9.17) is 9.47 Å². The van der Waals surface area contributed by atoms with Gasteiger partial charge in [-0.2, -0.15) is 0 Å². The maximum atomic E-state index is 12.6. The molecule has 0 saturated carbocycles. The van der Waals surface area contributed by atoms with Crippen molar-refractivity contribution >= 4 is 5.97 Å². The summed E-state index contributed by atoms with van der Waals surface area (Å²) in [6.45, 7) is 2.07. The minimum Gasteiger partial charge on any atom is -0.457 e. The van der Waals surface area contributed by atoms with Crippen LogP contribution in [0.5, 0.6) is 0 Å². The lowest BCUT2D eigenvalue weighted by molar-refractivity contribution is 0.0120. The van der Waals surface area contributed by atoms with Gasteiger partial charge in [-0.1, -0.05) is 0 Å². The molecule has 0 fully saturated rings. The molecule has 1 aromatic carbocycles. The van der Waals surface area contributed by atoms with E-state index in [1.165, 1.54) is 31.4 Å². The first-order valence-corrected chi connectivity index (χ1v) is 4.59. The van der Waals surface area contributed by atoms with Crippen molar-refractivity contribution in [2.45, 2.75) is 13.0 Å². The molecule has 82 valence electrons. The van der Waals surface area contributed by atoms with Crippen LogP contribution in [0.4, 0.5) is 4.39 Å². The molecule has 0 aliphatic heterocycles. The van der Waals surface area contributed by atoms with Crippen LogP contribution < -0.4 is 0 Å². The van der Waals surface area contributed by atoms with Crippen LogP contribution >= 0.6 is 0 Å². The lowest BCUT2D eigenvalue weighted by Gasteiger charge is -2.11. The molecule has 1 aromatic rings. The van der Waals surface area contributed by atoms with Crippen LogP contribution in [0.15, 0.2) is 24.3 Å². The van der Waals surface area contributed by atoms with E-state index in [9.17, 15) is 9.18 Å². The summed E-state index contributed by atoms with van der Waals surface area (Å²) in [7, 11) is 1.53. The monoisotopic (exact) mass is 212 g/mol. The van der Waals surface area contributed by atoms with E-state index in [0.29, 0.717) is 12.2 Å². The molecule has 0 saturated heterocycles. The molecule has 1 rings (SSSR count). The van der Waals surface area contributed by atoms with Gasteiger partial charge in [-0.3, -0.25) is 0 Å². The van der Waals surface area contributed by atoms with Gasteiger partial charge < -0.3 is 9.47 Å². The minimum atomic E-state index is -0.473. The molecule has 0 radical (unpaired) electrons. The van der Waals surface area contributed by atoms with Crippen molar-refractivity contribution in [1.29, 1.82) is 0 Å². The summed E-state index contributed by atoms with van der Waals surface area (Å²) in [5.74, 6) is -0.851. The second-order valence-corrected chi connectivity index (χ2v) is 3.18. The molecule has 0 aliphatic rings. The summed E-state index contributed by atoms with van der Waals surface area (Å²) in [5.41, 5.74) is 0.333. The number of benzene rings is 1. The summed E-state index contributed by atoms with van der Waals surface area (Å²) >= 11 is 0.